The van der Waals surface area contributed by atoms with Gasteiger partial charge in [-0.3, -0.25) is 0 Å². The van der Waals surface area contributed by atoms with Gasteiger partial charge in [0.2, 0.25) is 0 Å². The van der Waals surface area contributed by atoms with Crippen molar-refractivity contribution in [3.05, 3.63) is 0 Å². The Kier molecular flexibility index (Phi) is 2.32. The second kappa shape index (κ2) is 2.89. The van der Waals surface area contributed by atoms with E-state index in [-0.39, 0.29) is 0 Å². The topological polar surface area (TPSA) is 23.5 Å². The zero-order valence-electron chi connectivity index (χ0n) is 6.93. The zero-order valence-corrected chi connectivity index (χ0v) is 6.93. The Morgan fingerprint density at radius 3 is 2.40 bits per heavy atom. The van der Waals surface area contributed by atoms with Crippen molar-refractivity contribution in [2.75, 3.05) is 19.6 Å². The van der Waals surface area contributed by atoms with Crippen molar-refractivity contribution >= 4 is 0 Å². The molecule has 0 aliphatic carbocycles. The molecule has 1 aliphatic heterocycles. The van der Waals surface area contributed by atoms with Gasteiger partial charge in [0, 0.05) is 6.54 Å². The number of β-amino-alcohol motifs (C(OH)–C–C–N with tert-alkyl or cyclic N) is 1. The third-order valence-corrected chi connectivity index (χ3v) is 2.27. The Morgan fingerprint density at radius 1 is 1.50 bits per heavy atom. The zero-order chi connectivity index (χ0) is 7.61. The maximum atomic E-state index is 9.62. The van der Waals surface area contributed by atoms with Crippen LogP contribution in [0.4, 0.5) is 0 Å². The molecule has 1 saturated heterocycles. The highest BCUT2D eigenvalue weighted by atomic mass is 16.3. The van der Waals surface area contributed by atoms with Crippen LogP contribution in [0.25, 0.3) is 0 Å². The molecule has 0 radical (unpaired) electrons. The third kappa shape index (κ3) is 1.96. The molecule has 10 heavy (non-hydrogen) atoms. The van der Waals surface area contributed by atoms with E-state index in [1.54, 1.807) is 0 Å². The summed E-state index contributed by atoms with van der Waals surface area (Å²) in [7, 11) is 0. The molecule has 2 nitrogen and oxygen atoms in total. The fourth-order valence-corrected chi connectivity index (χ4v) is 1.13. The molecule has 0 aromatic rings. The monoisotopic (exact) mass is 143 g/mol. The van der Waals surface area contributed by atoms with Gasteiger partial charge in [-0.15, -0.1) is 0 Å². The minimum Gasteiger partial charge on any atom is -0.389 e. The first-order valence-corrected chi connectivity index (χ1v) is 4.09. The van der Waals surface area contributed by atoms with Crippen molar-refractivity contribution in [3.8, 4) is 0 Å². The van der Waals surface area contributed by atoms with Crippen molar-refractivity contribution in [1.82, 2.24) is 4.90 Å². The summed E-state index contributed by atoms with van der Waals surface area (Å²) in [4.78, 5) is 2.30. The number of rotatable bonds is 3. The Bertz CT molecular complexity index is 108. The number of aliphatic hydroxyl groups is 1. The first-order chi connectivity index (χ1) is 4.64. The molecule has 1 heterocycles. The van der Waals surface area contributed by atoms with Crippen LogP contribution in [-0.4, -0.2) is 35.2 Å². The normalized spacial score (nSPS) is 25.5. The lowest BCUT2D eigenvalue weighted by atomic mass is 10.0. The molecule has 0 spiro atoms. The molecule has 0 saturated carbocycles. The van der Waals surface area contributed by atoms with Gasteiger partial charge in [0.1, 0.15) is 0 Å². The summed E-state index contributed by atoms with van der Waals surface area (Å²) in [5, 5.41) is 9.62. The van der Waals surface area contributed by atoms with Gasteiger partial charge in [-0.1, -0.05) is 6.92 Å². The molecule has 0 aromatic heterocycles. The molecule has 0 bridgehead atoms. The predicted molar refractivity (Wildman–Crippen MR) is 42.0 cm³/mol. The molecule has 1 unspecified atom stereocenters. The van der Waals surface area contributed by atoms with Crippen LogP contribution in [0.1, 0.15) is 26.7 Å². The number of hydrogen-bond acceptors (Lipinski definition) is 2. The average molecular weight is 143 g/mol. The molecule has 0 aromatic carbocycles. The fraction of sp³-hybridized carbons (Fsp3) is 1.00. The molecule has 1 fully saturated rings. The second-order valence-corrected chi connectivity index (χ2v) is 3.48. The van der Waals surface area contributed by atoms with E-state index in [0.29, 0.717) is 0 Å². The predicted octanol–water partition coefficient (Wildman–Crippen LogP) is 0.853. The standard InChI is InChI=1S/C8H17NO/c1-3-8(2,10)7-9-5-4-6-9/h10H,3-7H2,1-2H3. The molecule has 60 valence electrons. The van der Waals surface area contributed by atoms with Crippen molar-refractivity contribution < 1.29 is 5.11 Å². The molecule has 1 N–H and O–H groups in total. The van der Waals surface area contributed by atoms with Crippen molar-refractivity contribution in [2.24, 2.45) is 0 Å². The van der Waals surface area contributed by atoms with E-state index in [9.17, 15) is 5.11 Å². The van der Waals surface area contributed by atoms with Crippen molar-refractivity contribution in [3.63, 3.8) is 0 Å². The molecule has 0 amide bonds. The summed E-state index contributed by atoms with van der Waals surface area (Å²) in [5.74, 6) is 0. The minimum absolute atomic E-state index is 0.458. The highest BCUT2D eigenvalue weighted by Gasteiger charge is 2.24. The Labute approximate surface area is 62.8 Å². The van der Waals surface area contributed by atoms with Gasteiger partial charge in [0.25, 0.3) is 0 Å². The summed E-state index contributed by atoms with van der Waals surface area (Å²) in [6.07, 6.45) is 2.16. The third-order valence-electron chi connectivity index (χ3n) is 2.27. The van der Waals surface area contributed by atoms with Gasteiger partial charge >= 0.3 is 0 Å². The minimum atomic E-state index is -0.458. The largest absolute Gasteiger partial charge is 0.389 e. The number of hydrogen-bond donors (Lipinski definition) is 1. The maximum Gasteiger partial charge on any atom is 0.0743 e. The second-order valence-electron chi connectivity index (χ2n) is 3.48. The van der Waals surface area contributed by atoms with Crippen LogP contribution in [0.15, 0.2) is 0 Å². The van der Waals surface area contributed by atoms with Crippen LogP contribution in [0.3, 0.4) is 0 Å². The summed E-state index contributed by atoms with van der Waals surface area (Å²) >= 11 is 0. The van der Waals surface area contributed by atoms with Crippen molar-refractivity contribution in [2.45, 2.75) is 32.3 Å². The highest BCUT2D eigenvalue weighted by molar-refractivity contribution is 4.79. The maximum absolute atomic E-state index is 9.62. The summed E-state index contributed by atoms with van der Waals surface area (Å²) in [6, 6.07) is 0. The molecule has 1 atom stereocenters. The first kappa shape index (κ1) is 8.02. The SMILES string of the molecule is CCC(C)(O)CN1CCC1. The van der Waals surface area contributed by atoms with Crippen molar-refractivity contribution in [1.29, 1.82) is 0 Å². The smallest absolute Gasteiger partial charge is 0.0743 e. The number of nitrogens with zero attached hydrogens (tertiary/aromatic N) is 1. The van der Waals surface area contributed by atoms with E-state index < -0.39 is 5.60 Å². The molecule has 2 heteroatoms. The number of likely N-dealkylation sites (tertiary alicyclic amines) is 1. The molecule has 1 aliphatic rings. The Morgan fingerprint density at radius 2 is 2.10 bits per heavy atom. The van der Waals surface area contributed by atoms with Gasteiger partial charge in [-0.05, 0) is 32.9 Å². The van der Waals surface area contributed by atoms with Crippen LogP contribution in [0.2, 0.25) is 0 Å². The van der Waals surface area contributed by atoms with Crippen LogP contribution in [0, 0.1) is 0 Å². The summed E-state index contributed by atoms with van der Waals surface area (Å²) < 4.78 is 0. The molecular weight excluding hydrogens is 126 g/mol. The molecule has 1 rings (SSSR count). The van der Waals surface area contributed by atoms with E-state index >= 15 is 0 Å². The van der Waals surface area contributed by atoms with Crippen LogP contribution in [-0.2, 0) is 0 Å². The van der Waals surface area contributed by atoms with E-state index in [1.165, 1.54) is 19.5 Å². The van der Waals surface area contributed by atoms with E-state index in [0.717, 1.165) is 13.0 Å². The average Bonchev–Trinajstić information content (AvgIpc) is 1.80. The van der Waals surface area contributed by atoms with E-state index in [1.807, 2.05) is 13.8 Å². The lowest BCUT2D eigenvalue weighted by Crippen LogP contribution is -2.47. The lowest BCUT2D eigenvalue weighted by Gasteiger charge is -2.36. The fourth-order valence-electron chi connectivity index (χ4n) is 1.13. The van der Waals surface area contributed by atoms with Gasteiger partial charge in [-0.25, -0.2) is 0 Å². The van der Waals surface area contributed by atoms with Gasteiger partial charge in [0.05, 0.1) is 5.60 Å². The quantitative estimate of drug-likeness (QED) is 0.633. The van der Waals surface area contributed by atoms with Gasteiger partial charge in [0.15, 0.2) is 0 Å². The van der Waals surface area contributed by atoms with E-state index in [4.69, 9.17) is 0 Å². The molecular formula is C8H17NO. The van der Waals surface area contributed by atoms with Gasteiger partial charge < -0.3 is 10.0 Å². The van der Waals surface area contributed by atoms with Crippen LogP contribution < -0.4 is 0 Å². The Balaban J connectivity index is 2.21. The lowest BCUT2D eigenvalue weighted by molar-refractivity contribution is -0.00163. The Hall–Kier alpha value is -0.0800. The van der Waals surface area contributed by atoms with Crippen LogP contribution in [0.5, 0.6) is 0 Å². The van der Waals surface area contributed by atoms with Crippen LogP contribution >= 0.6 is 0 Å². The summed E-state index contributed by atoms with van der Waals surface area (Å²) in [5.41, 5.74) is -0.458. The van der Waals surface area contributed by atoms with Gasteiger partial charge in [-0.2, -0.15) is 0 Å². The van der Waals surface area contributed by atoms with E-state index in [2.05, 4.69) is 4.90 Å². The summed E-state index contributed by atoms with van der Waals surface area (Å²) in [6.45, 7) is 7.14. The highest BCUT2D eigenvalue weighted by Crippen LogP contribution is 2.15. The first-order valence-electron chi connectivity index (χ1n) is 4.09.